The molecule has 2 aliphatic rings. The Morgan fingerprint density at radius 2 is 2.00 bits per heavy atom. The number of carbonyl (C=O) groups is 1. The van der Waals surface area contributed by atoms with E-state index in [9.17, 15) is 4.79 Å². The van der Waals surface area contributed by atoms with Gasteiger partial charge >= 0.3 is 0 Å². The Kier molecular flexibility index (Phi) is 4.62. The van der Waals surface area contributed by atoms with E-state index < -0.39 is 5.91 Å². The predicted molar refractivity (Wildman–Crippen MR) is 87.3 cm³/mol. The molecule has 5 nitrogen and oxygen atoms in total. The van der Waals surface area contributed by atoms with E-state index in [0.29, 0.717) is 11.6 Å². The smallest absolute Gasteiger partial charge is 0.269 e. The molecule has 1 aromatic heterocycles. The molecule has 0 aromatic carbocycles. The quantitative estimate of drug-likeness (QED) is 0.932. The van der Waals surface area contributed by atoms with Crippen LogP contribution in [0.15, 0.2) is 6.08 Å². The van der Waals surface area contributed by atoms with Crippen LogP contribution in [0, 0.1) is 5.92 Å². The summed E-state index contributed by atoms with van der Waals surface area (Å²) in [4.78, 5) is 18.5. The van der Waals surface area contributed by atoms with Crippen LogP contribution in [0.4, 0.5) is 0 Å². The van der Waals surface area contributed by atoms with Gasteiger partial charge in [-0.05, 0) is 44.8 Å². The van der Waals surface area contributed by atoms with E-state index in [2.05, 4.69) is 33.7 Å². The van der Waals surface area contributed by atoms with Crippen LogP contribution in [0.1, 0.15) is 60.5 Å². The Hall–Kier alpha value is -1.62. The van der Waals surface area contributed by atoms with Gasteiger partial charge in [0.25, 0.3) is 5.91 Å². The van der Waals surface area contributed by atoms with E-state index >= 15 is 0 Å². The van der Waals surface area contributed by atoms with Gasteiger partial charge in [0.15, 0.2) is 5.69 Å². The summed E-state index contributed by atoms with van der Waals surface area (Å²) >= 11 is 0. The number of primary amides is 1. The third-order valence-corrected chi connectivity index (χ3v) is 4.84. The van der Waals surface area contributed by atoms with Gasteiger partial charge in [-0.15, -0.1) is 0 Å². The van der Waals surface area contributed by atoms with Crippen LogP contribution in [-0.2, 0) is 13.1 Å². The van der Waals surface area contributed by atoms with Crippen LogP contribution < -0.4 is 5.73 Å². The summed E-state index contributed by atoms with van der Waals surface area (Å²) in [6.45, 7) is 2.68. The fourth-order valence-corrected chi connectivity index (χ4v) is 3.62. The van der Waals surface area contributed by atoms with Crippen LogP contribution in [0.5, 0.6) is 0 Å². The number of fused-ring (bicyclic) bond motifs is 1. The largest absolute Gasteiger partial charge is 0.364 e. The van der Waals surface area contributed by atoms with Gasteiger partial charge in [-0.2, -0.15) is 0 Å². The maximum Gasteiger partial charge on any atom is 0.269 e. The third-order valence-electron chi connectivity index (χ3n) is 4.84. The maximum absolute atomic E-state index is 11.7. The Balaban J connectivity index is 1.89. The minimum Gasteiger partial charge on any atom is -0.364 e. The number of aromatic nitrogens is 2. The lowest BCUT2D eigenvalue weighted by atomic mass is 9.89. The van der Waals surface area contributed by atoms with Crippen molar-refractivity contribution < 1.29 is 4.79 Å². The van der Waals surface area contributed by atoms with Gasteiger partial charge in [0.05, 0.1) is 5.69 Å². The number of imidazole rings is 1. The zero-order valence-electron chi connectivity index (χ0n) is 13.4. The molecular weight excluding hydrogens is 276 g/mol. The van der Waals surface area contributed by atoms with Gasteiger partial charge in [-0.1, -0.05) is 25.3 Å². The molecule has 1 saturated carbocycles. The second kappa shape index (κ2) is 6.65. The first-order chi connectivity index (χ1) is 10.6. The van der Waals surface area contributed by atoms with Crippen molar-refractivity contribution in [2.75, 3.05) is 13.6 Å². The molecule has 22 heavy (non-hydrogen) atoms. The molecule has 0 atom stereocenters. The van der Waals surface area contributed by atoms with E-state index in [-0.39, 0.29) is 0 Å². The van der Waals surface area contributed by atoms with Gasteiger partial charge in [-0.3, -0.25) is 4.79 Å². The molecule has 1 aliphatic carbocycles. The van der Waals surface area contributed by atoms with Crippen molar-refractivity contribution >= 4 is 12.0 Å². The van der Waals surface area contributed by atoms with E-state index in [1.165, 1.54) is 32.1 Å². The molecule has 1 amide bonds. The summed E-state index contributed by atoms with van der Waals surface area (Å²) in [5.74, 6) is 1.13. The zero-order chi connectivity index (χ0) is 15.5. The SMILES string of the molecule is CN1CCCn2c(/C=C/C3CCCCC3)nc(C(N)=O)c2C1. The van der Waals surface area contributed by atoms with Crippen molar-refractivity contribution in [3.05, 3.63) is 23.3 Å². The van der Waals surface area contributed by atoms with E-state index in [0.717, 1.165) is 37.6 Å². The topological polar surface area (TPSA) is 64.2 Å². The monoisotopic (exact) mass is 302 g/mol. The van der Waals surface area contributed by atoms with E-state index in [1.807, 2.05) is 0 Å². The minimum atomic E-state index is -0.420. The Labute approximate surface area is 132 Å². The molecule has 2 heterocycles. The minimum absolute atomic E-state index is 0.420. The number of carbonyl (C=O) groups excluding carboxylic acids is 1. The number of amides is 1. The van der Waals surface area contributed by atoms with Crippen LogP contribution in [-0.4, -0.2) is 34.0 Å². The number of nitrogens with two attached hydrogens (primary N) is 1. The number of rotatable bonds is 3. The van der Waals surface area contributed by atoms with Crippen molar-refractivity contribution in [2.24, 2.45) is 11.7 Å². The number of allylic oxidation sites excluding steroid dienone is 1. The normalized spacial score (nSPS) is 21.0. The molecule has 5 heteroatoms. The summed E-state index contributed by atoms with van der Waals surface area (Å²) in [6, 6.07) is 0. The highest BCUT2D eigenvalue weighted by Gasteiger charge is 2.23. The molecule has 1 fully saturated rings. The Morgan fingerprint density at radius 1 is 1.23 bits per heavy atom. The molecule has 3 rings (SSSR count). The zero-order valence-corrected chi connectivity index (χ0v) is 13.4. The lowest BCUT2D eigenvalue weighted by Gasteiger charge is -2.17. The molecule has 0 spiro atoms. The van der Waals surface area contributed by atoms with Gasteiger partial charge in [-0.25, -0.2) is 4.98 Å². The lowest BCUT2D eigenvalue weighted by Crippen LogP contribution is -2.21. The maximum atomic E-state index is 11.7. The molecule has 0 radical (unpaired) electrons. The highest BCUT2D eigenvalue weighted by molar-refractivity contribution is 5.92. The molecular formula is C17H26N4O. The highest BCUT2D eigenvalue weighted by Crippen LogP contribution is 2.26. The summed E-state index contributed by atoms with van der Waals surface area (Å²) in [7, 11) is 2.07. The molecule has 0 unspecified atom stereocenters. The van der Waals surface area contributed by atoms with Gasteiger partial charge < -0.3 is 15.2 Å². The van der Waals surface area contributed by atoms with Crippen molar-refractivity contribution in [1.82, 2.24) is 14.5 Å². The molecule has 1 aromatic rings. The lowest BCUT2D eigenvalue weighted by molar-refractivity contribution is 0.0994. The standard InChI is InChI=1S/C17H26N4O/c1-20-10-5-11-21-14(12-20)16(17(18)22)19-15(21)9-8-13-6-3-2-4-7-13/h8-9,13H,2-7,10-12H2,1H3,(H2,18,22)/b9-8+. The van der Waals surface area contributed by atoms with Gasteiger partial charge in [0.2, 0.25) is 0 Å². The average Bonchev–Trinajstić information content (AvgIpc) is 2.72. The molecule has 2 N–H and O–H groups in total. The number of hydrogen-bond donors (Lipinski definition) is 1. The Morgan fingerprint density at radius 3 is 2.73 bits per heavy atom. The predicted octanol–water partition coefficient (Wildman–Crippen LogP) is 2.41. The summed E-state index contributed by atoms with van der Waals surface area (Å²) < 4.78 is 2.18. The number of nitrogens with zero attached hydrogens (tertiary/aromatic N) is 3. The third kappa shape index (κ3) is 3.24. The molecule has 0 bridgehead atoms. The van der Waals surface area contributed by atoms with Crippen LogP contribution in [0.25, 0.3) is 6.08 Å². The van der Waals surface area contributed by atoms with Crippen LogP contribution in [0.3, 0.4) is 0 Å². The molecule has 1 aliphatic heterocycles. The number of hydrogen-bond acceptors (Lipinski definition) is 3. The summed E-state index contributed by atoms with van der Waals surface area (Å²) in [5.41, 5.74) is 6.94. The van der Waals surface area contributed by atoms with E-state index in [4.69, 9.17) is 5.73 Å². The van der Waals surface area contributed by atoms with E-state index in [1.54, 1.807) is 0 Å². The fourth-order valence-electron chi connectivity index (χ4n) is 3.62. The fraction of sp³-hybridized carbons (Fsp3) is 0.647. The van der Waals surface area contributed by atoms with Crippen LogP contribution >= 0.6 is 0 Å². The first kappa shape index (κ1) is 15.3. The highest BCUT2D eigenvalue weighted by atomic mass is 16.1. The van der Waals surface area contributed by atoms with Crippen molar-refractivity contribution in [3.8, 4) is 0 Å². The van der Waals surface area contributed by atoms with Gasteiger partial charge in [0, 0.05) is 13.1 Å². The summed E-state index contributed by atoms with van der Waals surface area (Å²) in [5, 5.41) is 0. The van der Waals surface area contributed by atoms with Crippen molar-refractivity contribution in [3.63, 3.8) is 0 Å². The van der Waals surface area contributed by atoms with Gasteiger partial charge in [0.1, 0.15) is 5.82 Å². The van der Waals surface area contributed by atoms with Crippen LogP contribution in [0.2, 0.25) is 0 Å². The average molecular weight is 302 g/mol. The second-order valence-electron chi connectivity index (χ2n) is 6.63. The summed E-state index contributed by atoms with van der Waals surface area (Å²) in [6.07, 6.45) is 12.0. The second-order valence-corrected chi connectivity index (χ2v) is 6.63. The Bertz CT molecular complexity index is 569. The molecule has 120 valence electrons. The first-order valence-electron chi connectivity index (χ1n) is 8.41. The molecule has 0 saturated heterocycles. The first-order valence-corrected chi connectivity index (χ1v) is 8.41. The van der Waals surface area contributed by atoms with Crippen molar-refractivity contribution in [2.45, 2.75) is 51.6 Å². The van der Waals surface area contributed by atoms with Crippen molar-refractivity contribution in [1.29, 1.82) is 0 Å².